The highest BCUT2D eigenvalue weighted by Gasteiger charge is 2.39. The van der Waals surface area contributed by atoms with Crippen molar-refractivity contribution in [3.63, 3.8) is 0 Å². The molecule has 2 fully saturated rings. The van der Waals surface area contributed by atoms with Gasteiger partial charge < -0.3 is 15.5 Å². The summed E-state index contributed by atoms with van der Waals surface area (Å²) in [5.41, 5.74) is 5.89. The summed E-state index contributed by atoms with van der Waals surface area (Å²) in [5, 5.41) is 0. The van der Waals surface area contributed by atoms with Crippen LogP contribution in [0, 0.1) is 11.3 Å². The lowest BCUT2D eigenvalue weighted by molar-refractivity contribution is -0.143. The van der Waals surface area contributed by atoms with Crippen LogP contribution in [0.3, 0.4) is 0 Å². The maximum Gasteiger partial charge on any atom is 0.225 e. The number of carbonyl (C=O) groups is 2. The number of nitrogens with zero attached hydrogens (tertiary/aromatic N) is 2. The predicted molar refractivity (Wildman–Crippen MR) is 78.0 cm³/mol. The van der Waals surface area contributed by atoms with Crippen molar-refractivity contribution >= 4 is 11.8 Å². The Morgan fingerprint density at radius 1 is 1.10 bits per heavy atom. The molecule has 1 aliphatic heterocycles. The minimum absolute atomic E-state index is 0.0349. The monoisotopic (exact) mass is 281 g/mol. The van der Waals surface area contributed by atoms with Crippen LogP contribution in [0.15, 0.2) is 0 Å². The number of carbonyl (C=O) groups excluding carboxylic acids is 2. The number of hydrogen-bond donors (Lipinski definition) is 1. The second-order valence-electron chi connectivity index (χ2n) is 6.60. The van der Waals surface area contributed by atoms with Gasteiger partial charge in [0.1, 0.15) is 0 Å². The minimum Gasteiger partial charge on any atom is -0.339 e. The third kappa shape index (κ3) is 3.14. The summed E-state index contributed by atoms with van der Waals surface area (Å²) in [6.45, 7) is 7.11. The molecule has 0 spiro atoms. The van der Waals surface area contributed by atoms with E-state index in [4.69, 9.17) is 5.73 Å². The largest absolute Gasteiger partial charge is 0.339 e. The maximum absolute atomic E-state index is 12.3. The van der Waals surface area contributed by atoms with Gasteiger partial charge in [-0.1, -0.05) is 20.3 Å². The molecule has 1 aliphatic carbocycles. The maximum atomic E-state index is 12.3. The van der Waals surface area contributed by atoms with Crippen LogP contribution in [0.1, 0.15) is 39.5 Å². The van der Waals surface area contributed by atoms with Gasteiger partial charge in [-0.2, -0.15) is 0 Å². The molecule has 1 heterocycles. The molecule has 0 aromatic carbocycles. The first-order valence-corrected chi connectivity index (χ1v) is 7.74. The Labute approximate surface area is 121 Å². The van der Waals surface area contributed by atoms with Crippen molar-refractivity contribution in [3.05, 3.63) is 0 Å². The van der Waals surface area contributed by atoms with Crippen LogP contribution in [-0.2, 0) is 9.59 Å². The van der Waals surface area contributed by atoms with E-state index in [2.05, 4.69) is 0 Å². The van der Waals surface area contributed by atoms with Crippen LogP contribution in [0.4, 0.5) is 0 Å². The zero-order valence-electron chi connectivity index (χ0n) is 12.7. The molecule has 0 aromatic rings. The molecular weight excluding hydrogens is 254 g/mol. The Balaban J connectivity index is 1.81. The van der Waals surface area contributed by atoms with Gasteiger partial charge in [0.15, 0.2) is 0 Å². The van der Waals surface area contributed by atoms with E-state index < -0.39 is 0 Å². The number of nitrogens with two attached hydrogens (primary N) is 1. The molecule has 5 heteroatoms. The number of piperazine rings is 1. The molecule has 0 radical (unpaired) electrons. The summed E-state index contributed by atoms with van der Waals surface area (Å²) < 4.78 is 0. The fourth-order valence-electron chi connectivity index (χ4n) is 3.10. The van der Waals surface area contributed by atoms with Gasteiger partial charge in [0, 0.05) is 38.5 Å². The van der Waals surface area contributed by atoms with Crippen LogP contribution in [0.25, 0.3) is 0 Å². The summed E-state index contributed by atoms with van der Waals surface area (Å²) in [6, 6.07) is 0. The van der Waals surface area contributed by atoms with Gasteiger partial charge in [-0.25, -0.2) is 0 Å². The third-order valence-corrected chi connectivity index (χ3v) is 4.81. The third-order valence-electron chi connectivity index (χ3n) is 4.81. The van der Waals surface area contributed by atoms with Gasteiger partial charge in [-0.15, -0.1) is 0 Å². The molecule has 1 saturated heterocycles. The van der Waals surface area contributed by atoms with E-state index in [1.165, 1.54) is 6.42 Å². The lowest BCUT2D eigenvalue weighted by atomic mass is 9.66. The molecule has 0 unspecified atom stereocenters. The van der Waals surface area contributed by atoms with Crippen molar-refractivity contribution in [1.29, 1.82) is 0 Å². The summed E-state index contributed by atoms with van der Waals surface area (Å²) in [6.07, 6.45) is 3.95. The summed E-state index contributed by atoms with van der Waals surface area (Å²) in [4.78, 5) is 28.0. The van der Waals surface area contributed by atoms with Gasteiger partial charge in [-0.05, 0) is 24.8 Å². The van der Waals surface area contributed by atoms with Crippen molar-refractivity contribution in [1.82, 2.24) is 9.80 Å². The molecule has 2 N–H and O–H groups in total. The zero-order chi connectivity index (χ0) is 14.8. The summed E-state index contributed by atoms with van der Waals surface area (Å²) >= 11 is 0. The van der Waals surface area contributed by atoms with Crippen LogP contribution < -0.4 is 5.73 Å². The molecule has 2 aliphatic rings. The normalized spacial score (nSPS) is 21.8. The average Bonchev–Trinajstić information content (AvgIpc) is 2.42. The number of hydrogen-bond acceptors (Lipinski definition) is 3. The van der Waals surface area contributed by atoms with Gasteiger partial charge in [0.05, 0.1) is 0 Å². The minimum atomic E-state index is 0.0349. The van der Waals surface area contributed by atoms with E-state index in [1.807, 2.05) is 23.6 Å². The van der Waals surface area contributed by atoms with E-state index >= 15 is 0 Å². The first-order chi connectivity index (χ1) is 9.47. The Bertz CT molecular complexity index is 364. The standard InChI is InChI=1S/C15H27N3O2/c1-12(2)14(20)18-8-6-17(7-9-18)13(19)10-15(11-16)4-3-5-15/h12H,3-11,16H2,1-2H3. The molecule has 2 rings (SSSR count). The van der Waals surface area contributed by atoms with E-state index in [0.29, 0.717) is 39.1 Å². The molecule has 20 heavy (non-hydrogen) atoms. The van der Waals surface area contributed by atoms with Crippen LogP contribution in [-0.4, -0.2) is 54.3 Å². The van der Waals surface area contributed by atoms with Gasteiger partial charge in [0.25, 0.3) is 0 Å². The van der Waals surface area contributed by atoms with Gasteiger partial charge in [-0.3, -0.25) is 9.59 Å². The summed E-state index contributed by atoms with van der Waals surface area (Å²) in [5.74, 6) is 0.439. The highest BCUT2D eigenvalue weighted by Crippen LogP contribution is 2.43. The van der Waals surface area contributed by atoms with Crippen molar-refractivity contribution in [3.8, 4) is 0 Å². The van der Waals surface area contributed by atoms with E-state index in [9.17, 15) is 9.59 Å². The van der Waals surface area contributed by atoms with Gasteiger partial charge in [0.2, 0.25) is 11.8 Å². The van der Waals surface area contributed by atoms with E-state index in [1.54, 1.807) is 0 Å². The molecule has 114 valence electrons. The molecule has 0 aromatic heterocycles. The SMILES string of the molecule is CC(C)C(=O)N1CCN(C(=O)CC2(CN)CCC2)CC1. The van der Waals surface area contributed by atoms with Crippen molar-refractivity contribution in [2.24, 2.45) is 17.1 Å². The predicted octanol–water partition coefficient (Wildman–Crippen LogP) is 0.832. The molecule has 1 saturated carbocycles. The molecule has 5 nitrogen and oxygen atoms in total. The lowest BCUT2D eigenvalue weighted by Crippen LogP contribution is -2.53. The molecule has 0 atom stereocenters. The molecule has 0 bridgehead atoms. The quantitative estimate of drug-likeness (QED) is 0.830. The van der Waals surface area contributed by atoms with Crippen LogP contribution in [0.5, 0.6) is 0 Å². The second-order valence-corrected chi connectivity index (χ2v) is 6.60. The Hall–Kier alpha value is -1.10. The average molecular weight is 281 g/mol. The summed E-state index contributed by atoms with van der Waals surface area (Å²) in [7, 11) is 0. The fraction of sp³-hybridized carbons (Fsp3) is 0.867. The van der Waals surface area contributed by atoms with Crippen LogP contribution >= 0.6 is 0 Å². The van der Waals surface area contributed by atoms with Gasteiger partial charge >= 0.3 is 0 Å². The highest BCUT2D eigenvalue weighted by atomic mass is 16.2. The Morgan fingerprint density at radius 2 is 1.65 bits per heavy atom. The highest BCUT2D eigenvalue weighted by molar-refractivity contribution is 5.80. The fourth-order valence-corrected chi connectivity index (χ4v) is 3.10. The lowest BCUT2D eigenvalue weighted by Gasteiger charge is -2.43. The molecule has 2 amide bonds. The van der Waals surface area contributed by atoms with Crippen LogP contribution in [0.2, 0.25) is 0 Å². The Morgan fingerprint density at radius 3 is 2.05 bits per heavy atom. The van der Waals surface area contributed by atoms with E-state index in [-0.39, 0.29) is 23.1 Å². The van der Waals surface area contributed by atoms with Crippen molar-refractivity contribution < 1.29 is 9.59 Å². The topological polar surface area (TPSA) is 66.6 Å². The zero-order valence-corrected chi connectivity index (χ0v) is 12.7. The smallest absolute Gasteiger partial charge is 0.225 e. The first kappa shape index (κ1) is 15.3. The van der Waals surface area contributed by atoms with Crippen molar-refractivity contribution in [2.45, 2.75) is 39.5 Å². The Kier molecular flexibility index (Phi) is 4.68. The van der Waals surface area contributed by atoms with Crippen molar-refractivity contribution in [2.75, 3.05) is 32.7 Å². The number of rotatable bonds is 4. The second kappa shape index (κ2) is 6.12. The first-order valence-electron chi connectivity index (χ1n) is 7.74. The molecular formula is C15H27N3O2. The number of amides is 2. The van der Waals surface area contributed by atoms with E-state index in [0.717, 1.165) is 12.8 Å².